The number of fused-ring (bicyclic) bond motifs is 1. The van der Waals surface area contributed by atoms with Gasteiger partial charge in [-0.15, -0.1) is 24.0 Å². The molecule has 1 unspecified atom stereocenters. The Balaban J connectivity index is 0.00000261. The third-order valence-electron chi connectivity index (χ3n) is 4.40. The quantitative estimate of drug-likeness (QED) is 0.359. The Kier molecular flexibility index (Phi) is 8.62. The standard InChI is InChI=1S/C18H25ClN6O.HI/c1-3-20-18(24-14-5-7-17-22-12-23-25(17)11-14)21-9-8-13-4-6-15(26-2)10-16(13)19;/h4,6,10,12,14H,3,5,7-9,11H2,1-2H3,(H2,20,21,24);1H. The van der Waals surface area contributed by atoms with E-state index in [-0.39, 0.29) is 24.0 Å². The van der Waals surface area contributed by atoms with E-state index in [0.717, 1.165) is 55.4 Å². The summed E-state index contributed by atoms with van der Waals surface area (Å²) in [5.41, 5.74) is 1.07. The first-order valence-corrected chi connectivity index (χ1v) is 9.31. The molecule has 1 aliphatic rings. The largest absolute Gasteiger partial charge is 0.497 e. The number of hydrogen-bond acceptors (Lipinski definition) is 4. The van der Waals surface area contributed by atoms with Crippen molar-refractivity contribution in [3.8, 4) is 5.75 Å². The third kappa shape index (κ3) is 5.97. The molecule has 1 atom stereocenters. The lowest BCUT2D eigenvalue weighted by Gasteiger charge is -2.25. The minimum Gasteiger partial charge on any atom is -0.497 e. The number of hydrogen-bond donors (Lipinski definition) is 2. The summed E-state index contributed by atoms with van der Waals surface area (Å²) in [5.74, 6) is 2.65. The first-order chi connectivity index (χ1) is 12.7. The van der Waals surface area contributed by atoms with Crippen molar-refractivity contribution in [1.29, 1.82) is 0 Å². The molecule has 0 saturated heterocycles. The van der Waals surface area contributed by atoms with Crippen molar-refractivity contribution < 1.29 is 4.74 Å². The van der Waals surface area contributed by atoms with Gasteiger partial charge in [-0.05, 0) is 37.5 Å². The average molecular weight is 505 g/mol. The minimum atomic E-state index is 0. The van der Waals surface area contributed by atoms with Gasteiger partial charge in [0.15, 0.2) is 5.96 Å². The number of aromatic nitrogens is 3. The van der Waals surface area contributed by atoms with E-state index in [1.54, 1.807) is 13.4 Å². The molecular formula is C18H26ClIN6O. The van der Waals surface area contributed by atoms with Crippen LogP contribution in [0.25, 0.3) is 0 Å². The monoisotopic (exact) mass is 504 g/mol. The van der Waals surface area contributed by atoms with Gasteiger partial charge in [0.25, 0.3) is 0 Å². The molecule has 1 aromatic heterocycles. The molecule has 0 amide bonds. The molecule has 2 N–H and O–H groups in total. The van der Waals surface area contributed by atoms with E-state index in [1.165, 1.54) is 0 Å². The SMILES string of the molecule is CCNC(=NCCc1ccc(OC)cc1Cl)NC1CCc2ncnn2C1.I. The molecule has 9 heteroatoms. The van der Waals surface area contributed by atoms with Gasteiger partial charge in [-0.1, -0.05) is 17.7 Å². The topological polar surface area (TPSA) is 76.4 Å². The number of nitrogens with zero attached hydrogens (tertiary/aromatic N) is 4. The number of ether oxygens (including phenoxy) is 1. The summed E-state index contributed by atoms with van der Waals surface area (Å²) in [4.78, 5) is 8.96. The fourth-order valence-corrected chi connectivity index (χ4v) is 3.28. The van der Waals surface area contributed by atoms with E-state index in [2.05, 4.69) is 32.6 Å². The van der Waals surface area contributed by atoms with Gasteiger partial charge >= 0.3 is 0 Å². The van der Waals surface area contributed by atoms with Crippen LogP contribution in [-0.4, -0.2) is 47.0 Å². The van der Waals surface area contributed by atoms with Crippen molar-refractivity contribution in [3.05, 3.63) is 40.9 Å². The van der Waals surface area contributed by atoms with Crippen molar-refractivity contribution in [2.75, 3.05) is 20.2 Å². The van der Waals surface area contributed by atoms with Crippen molar-refractivity contribution in [1.82, 2.24) is 25.4 Å². The number of aliphatic imine (C=N–C) groups is 1. The highest BCUT2D eigenvalue weighted by molar-refractivity contribution is 14.0. The molecule has 1 aliphatic heterocycles. The lowest BCUT2D eigenvalue weighted by atomic mass is 10.1. The Morgan fingerprint density at radius 3 is 3.04 bits per heavy atom. The van der Waals surface area contributed by atoms with Gasteiger partial charge in [-0.25, -0.2) is 9.67 Å². The Morgan fingerprint density at radius 1 is 1.44 bits per heavy atom. The van der Waals surface area contributed by atoms with E-state index >= 15 is 0 Å². The second-order valence-electron chi connectivity index (χ2n) is 6.21. The number of halogens is 2. The van der Waals surface area contributed by atoms with Crippen LogP contribution in [0, 0.1) is 0 Å². The lowest BCUT2D eigenvalue weighted by Crippen LogP contribution is -2.47. The van der Waals surface area contributed by atoms with Gasteiger partial charge in [0.05, 0.1) is 13.7 Å². The maximum atomic E-state index is 6.30. The number of rotatable bonds is 6. The molecule has 0 bridgehead atoms. The minimum absolute atomic E-state index is 0. The zero-order valence-corrected chi connectivity index (χ0v) is 18.7. The van der Waals surface area contributed by atoms with Crippen molar-refractivity contribution in [2.45, 2.75) is 38.8 Å². The third-order valence-corrected chi connectivity index (χ3v) is 4.75. The maximum absolute atomic E-state index is 6.30. The van der Waals surface area contributed by atoms with Crippen molar-refractivity contribution in [2.24, 2.45) is 4.99 Å². The number of aryl methyl sites for hydroxylation is 1. The molecule has 0 spiro atoms. The Hall–Kier alpha value is -1.55. The Bertz CT molecular complexity index is 766. The van der Waals surface area contributed by atoms with Crippen LogP contribution in [0.1, 0.15) is 24.7 Å². The summed E-state index contributed by atoms with van der Waals surface area (Å²) in [7, 11) is 1.64. The van der Waals surface area contributed by atoms with Crippen LogP contribution in [0.5, 0.6) is 5.75 Å². The van der Waals surface area contributed by atoms with Crippen molar-refractivity contribution >= 4 is 41.5 Å². The highest BCUT2D eigenvalue weighted by Crippen LogP contribution is 2.22. The van der Waals surface area contributed by atoms with E-state index < -0.39 is 0 Å². The zero-order chi connectivity index (χ0) is 18.4. The van der Waals surface area contributed by atoms with Crippen LogP contribution in [0.3, 0.4) is 0 Å². The van der Waals surface area contributed by atoms with Gasteiger partial charge in [-0.2, -0.15) is 5.10 Å². The molecule has 7 nitrogen and oxygen atoms in total. The molecule has 0 aliphatic carbocycles. The van der Waals surface area contributed by atoms with E-state index in [9.17, 15) is 0 Å². The van der Waals surface area contributed by atoms with Crippen molar-refractivity contribution in [3.63, 3.8) is 0 Å². The molecular weight excluding hydrogens is 479 g/mol. The van der Waals surface area contributed by atoms with Crippen LogP contribution in [0.2, 0.25) is 5.02 Å². The summed E-state index contributed by atoms with van der Waals surface area (Å²) in [6, 6.07) is 6.05. The van der Waals surface area contributed by atoms with Gasteiger partial charge < -0.3 is 15.4 Å². The second kappa shape index (κ2) is 10.7. The number of nitrogens with one attached hydrogen (secondary N) is 2. The second-order valence-corrected chi connectivity index (χ2v) is 6.61. The van der Waals surface area contributed by atoms with Gasteiger partial charge in [0.2, 0.25) is 0 Å². The van der Waals surface area contributed by atoms with Crippen LogP contribution < -0.4 is 15.4 Å². The Morgan fingerprint density at radius 2 is 2.30 bits per heavy atom. The fraction of sp³-hybridized carbons (Fsp3) is 0.500. The molecule has 2 aromatic rings. The first-order valence-electron chi connectivity index (χ1n) is 8.93. The summed E-state index contributed by atoms with van der Waals surface area (Å²) in [6.07, 6.45) is 4.35. The Labute approximate surface area is 182 Å². The fourth-order valence-electron chi connectivity index (χ4n) is 3.01. The van der Waals surface area contributed by atoms with E-state index in [1.807, 2.05) is 22.9 Å². The number of benzene rings is 1. The predicted octanol–water partition coefficient (Wildman–Crippen LogP) is 2.67. The summed E-state index contributed by atoms with van der Waals surface area (Å²) < 4.78 is 7.15. The van der Waals surface area contributed by atoms with E-state index in [0.29, 0.717) is 17.6 Å². The molecule has 2 heterocycles. The van der Waals surface area contributed by atoms with Crippen LogP contribution >= 0.6 is 35.6 Å². The number of guanidine groups is 1. The highest BCUT2D eigenvalue weighted by Gasteiger charge is 2.20. The lowest BCUT2D eigenvalue weighted by molar-refractivity contribution is 0.393. The normalized spacial score (nSPS) is 16.3. The molecule has 27 heavy (non-hydrogen) atoms. The first kappa shape index (κ1) is 21.7. The number of methoxy groups -OCH3 is 1. The van der Waals surface area contributed by atoms with Gasteiger partial charge in [0, 0.05) is 30.6 Å². The van der Waals surface area contributed by atoms with E-state index in [4.69, 9.17) is 16.3 Å². The highest BCUT2D eigenvalue weighted by atomic mass is 127. The van der Waals surface area contributed by atoms with Crippen LogP contribution in [-0.2, 0) is 19.4 Å². The maximum Gasteiger partial charge on any atom is 0.191 e. The molecule has 1 aromatic carbocycles. The summed E-state index contributed by atoms with van der Waals surface area (Å²) in [5, 5.41) is 11.8. The molecule has 0 radical (unpaired) electrons. The smallest absolute Gasteiger partial charge is 0.191 e. The zero-order valence-electron chi connectivity index (χ0n) is 15.6. The molecule has 0 fully saturated rings. The summed E-state index contributed by atoms with van der Waals surface area (Å²) in [6.45, 7) is 4.34. The van der Waals surface area contributed by atoms with Gasteiger partial charge in [-0.3, -0.25) is 4.99 Å². The summed E-state index contributed by atoms with van der Waals surface area (Å²) >= 11 is 6.30. The molecule has 3 rings (SSSR count). The van der Waals surface area contributed by atoms with Gasteiger partial charge in [0.1, 0.15) is 17.9 Å². The molecule has 148 valence electrons. The van der Waals surface area contributed by atoms with Crippen LogP contribution in [0.15, 0.2) is 29.5 Å². The molecule has 0 saturated carbocycles. The average Bonchev–Trinajstić information content (AvgIpc) is 3.11. The predicted molar refractivity (Wildman–Crippen MR) is 118 cm³/mol. The van der Waals surface area contributed by atoms with Crippen LogP contribution in [0.4, 0.5) is 0 Å².